The van der Waals surface area contributed by atoms with Crippen molar-refractivity contribution in [2.75, 3.05) is 18.9 Å². The van der Waals surface area contributed by atoms with Gasteiger partial charge in [-0.15, -0.1) is 0 Å². The molecule has 184 valence electrons. The first-order valence-corrected chi connectivity index (χ1v) is 11.9. The van der Waals surface area contributed by atoms with Crippen LogP contribution in [0.2, 0.25) is 5.15 Å². The van der Waals surface area contributed by atoms with E-state index in [0.717, 1.165) is 19.3 Å². The highest BCUT2D eigenvalue weighted by molar-refractivity contribution is 6.34. The van der Waals surface area contributed by atoms with Gasteiger partial charge in [0.15, 0.2) is 28.2 Å². The van der Waals surface area contributed by atoms with Crippen LogP contribution in [-0.4, -0.2) is 65.3 Å². The summed E-state index contributed by atoms with van der Waals surface area (Å²) in [6, 6.07) is -0.0466. The van der Waals surface area contributed by atoms with Gasteiger partial charge < -0.3 is 20.1 Å². The van der Waals surface area contributed by atoms with E-state index >= 15 is 0 Å². The molecule has 1 saturated heterocycles. The van der Waals surface area contributed by atoms with Gasteiger partial charge in [0.2, 0.25) is 0 Å². The van der Waals surface area contributed by atoms with Gasteiger partial charge in [-0.3, -0.25) is 0 Å². The number of aromatic nitrogens is 5. The topological polar surface area (TPSA) is 142 Å². The number of anilines is 1. The van der Waals surface area contributed by atoms with Crippen molar-refractivity contribution in [2.24, 2.45) is 0 Å². The van der Waals surface area contributed by atoms with Crippen molar-refractivity contribution in [2.45, 2.75) is 71.5 Å². The smallest absolute Gasteiger partial charge is 0.489 e. The molecular formula is C22H31ClN7O4+. The van der Waals surface area contributed by atoms with E-state index in [1.54, 1.807) is 6.20 Å². The molecule has 0 spiro atoms. The van der Waals surface area contributed by atoms with E-state index in [-0.39, 0.29) is 21.5 Å². The molecule has 1 unspecified atom stereocenters. The molecule has 4 rings (SSSR count). The van der Waals surface area contributed by atoms with Crippen LogP contribution in [-0.2, 0) is 6.54 Å². The number of carbonyl (C=O) groups is 1. The molecule has 34 heavy (non-hydrogen) atoms. The quantitative estimate of drug-likeness (QED) is 0.379. The number of imidazole rings is 1. The summed E-state index contributed by atoms with van der Waals surface area (Å²) in [5.41, 5.74) is 6.91. The van der Waals surface area contributed by atoms with Crippen LogP contribution in [0.3, 0.4) is 0 Å². The largest absolute Gasteiger partial charge is 0.514 e. The summed E-state index contributed by atoms with van der Waals surface area (Å²) in [6.07, 6.45) is 4.15. The van der Waals surface area contributed by atoms with Crippen molar-refractivity contribution in [1.82, 2.24) is 24.8 Å². The Morgan fingerprint density at radius 3 is 2.76 bits per heavy atom. The number of quaternary nitrogens is 1. The molecule has 0 bridgehead atoms. The van der Waals surface area contributed by atoms with Crippen molar-refractivity contribution in [3.63, 3.8) is 0 Å². The summed E-state index contributed by atoms with van der Waals surface area (Å²) in [6.45, 7) is 9.45. The van der Waals surface area contributed by atoms with Gasteiger partial charge in [0.25, 0.3) is 0 Å². The number of nitrogen functional groups attached to an aromatic ring is 1. The van der Waals surface area contributed by atoms with Crippen molar-refractivity contribution in [3.8, 4) is 17.3 Å². The number of rotatable bonds is 6. The second kappa shape index (κ2) is 9.03. The highest BCUT2D eigenvalue weighted by Crippen LogP contribution is 2.38. The van der Waals surface area contributed by atoms with Crippen LogP contribution < -0.4 is 10.5 Å². The number of carboxylic acid groups (broad SMARTS) is 1. The Morgan fingerprint density at radius 1 is 1.38 bits per heavy atom. The SMILES string of the molecule is CCn1c(-c2nonc2N)nc2c(Cl)ncc(OCC[C@@H]3CCCC[N+]3(C(=O)O)C(C)(C)C)c21. The number of hydrogen-bond donors (Lipinski definition) is 2. The molecule has 3 aromatic rings. The van der Waals surface area contributed by atoms with E-state index in [9.17, 15) is 9.90 Å². The number of pyridine rings is 1. The van der Waals surface area contributed by atoms with Crippen molar-refractivity contribution in [3.05, 3.63) is 11.3 Å². The molecule has 4 heterocycles. The first-order chi connectivity index (χ1) is 16.1. The van der Waals surface area contributed by atoms with Gasteiger partial charge in [0.05, 0.1) is 19.3 Å². The number of hydrogen-bond acceptors (Lipinski definition) is 8. The molecule has 1 amide bonds. The van der Waals surface area contributed by atoms with Crippen LogP contribution in [0.15, 0.2) is 10.8 Å². The lowest BCUT2D eigenvalue weighted by molar-refractivity contribution is -0.931. The van der Waals surface area contributed by atoms with Gasteiger partial charge in [-0.05, 0) is 50.8 Å². The number of nitrogens with zero attached hydrogens (tertiary/aromatic N) is 6. The Bertz CT molecular complexity index is 1200. The third kappa shape index (κ3) is 3.86. The zero-order valence-electron chi connectivity index (χ0n) is 19.9. The number of fused-ring (bicyclic) bond motifs is 1. The summed E-state index contributed by atoms with van der Waals surface area (Å²) in [7, 11) is 0. The number of piperidine rings is 1. The lowest BCUT2D eigenvalue weighted by atomic mass is 9.88. The summed E-state index contributed by atoms with van der Waals surface area (Å²) in [5.74, 6) is 1.09. The highest BCUT2D eigenvalue weighted by Gasteiger charge is 2.54. The minimum Gasteiger partial charge on any atom is -0.489 e. The third-order valence-corrected chi connectivity index (χ3v) is 7.18. The Hall–Kier alpha value is -2.92. The molecule has 1 aliphatic heterocycles. The monoisotopic (exact) mass is 492 g/mol. The van der Waals surface area contributed by atoms with Crippen LogP contribution in [0.4, 0.5) is 10.6 Å². The molecule has 3 aromatic heterocycles. The maximum Gasteiger partial charge on any atom is 0.514 e. The fourth-order valence-electron chi connectivity index (χ4n) is 5.26. The van der Waals surface area contributed by atoms with E-state index < -0.39 is 11.6 Å². The first-order valence-electron chi connectivity index (χ1n) is 11.5. The van der Waals surface area contributed by atoms with Crippen LogP contribution in [0.1, 0.15) is 53.4 Å². The zero-order valence-corrected chi connectivity index (χ0v) is 20.7. The molecule has 11 nitrogen and oxygen atoms in total. The second-order valence-corrected chi connectivity index (χ2v) is 9.98. The fraction of sp³-hybridized carbons (Fsp3) is 0.591. The lowest BCUT2D eigenvalue weighted by Crippen LogP contribution is -2.70. The number of aryl methyl sites for hydroxylation is 1. The van der Waals surface area contributed by atoms with Crippen molar-refractivity contribution < 1.29 is 23.7 Å². The van der Waals surface area contributed by atoms with Gasteiger partial charge in [0.1, 0.15) is 22.6 Å². The molecule has 0 aromatic carbocycles. The Balaban J connectivity index is 1.64. The molecule has 12 heteroatoms. The fourth-order valence-corrected chi connectivity index (χ4v) is 5.45. The Kier molecular flexibility index (Phi) is 6.43. The van der Waals surface area contributed by atoms with Crippen LogP contribution in [0.25, 0.3) is 22.6 Å². The summed E-state index contributed by atoms with van der Waals surface area (Å²) < 4.78 is 12.9. The third-order valence-electron chi connectivity index (χ3n) is 6.90. The number of halogens is 1. The van der Waals surface area contributed by atoms with Crippen LogP contribution >= 0.6 is 11.6 Å². The zero-order chi connectivity index (χ0) is 24.7. The maximum atomic E-state index is 12.5. The van der Waals surface area contributed by atoms with Crippen molar-refractivity contribution in [1.29, 1.82) is 0 Å². The van der Waals surface area contributed by atoms with E-state index in [4.69, 9.17) is 26.7 Å². The maximum absolute atomic E-state index is 12.5. The second-order valence-electron chi connectivity index (χ2n) is 9.62. The van der Waals surface area contributed by atoms with E-state index in [1.165, 1.54) is 0 Å². The van der Waals surface area contributed by atoms with E-state index in [2.05, 4.69) is 20.3 Å². The lowest BCUT2D eigenvalue weighted by Gasteiger charge is -2.51. The highest BCUT2D eigenvalue weighted by atomic mass is 35.5. The average molecular weight is 493 g/mol. The molecule has 0 aliphatic carbocycles. The summed E-state index contributed by atoms with van der Waals surface area (Å²) in [5, 5.41) is 18.0. The van der Waals surface area contributed by atoms with Crippen LogP contribution in [0.5, 0.6) is 5.75 Å². The molecular weight excluding hydrogens is 462 g/mol. The summed E-state index contributed by atoms with van der Waals surface area (Å²) in [4.78, 5) is 21.3. The van der Waals surface area contributed by atoms with Gasteiger partial charge in [-0.2, -0.15) is 4.79 Å². The number of likely N-dealkylation sites (tertiary alicyclic amines) is 1. The Labute approximate surface area is 202 Å². The number of ether oxygens (including phenoxy) is 1. The molecule has 0 radical (unpaired) electrons. The predicted molar refractivity (Wildman–Crippen MR) is 127 cm³/mol. The molecule has 0 saturated carbocycles. The first kappa shape index (κ1) is 24.2. The van der Waals surface area contributed by atoms with Crippen LogP contribution in [0, 0.1) is 0 Å². The number of nitrogens with two attached hydrogens (primary N) is 1. The Morgan fingerprint density at radius 2 is 2.15 bits per heavy atom. The van der Waals surface area contributed by atoms with E-state index in [1.807, 2.05) is 32.3 Å². The summed E-state index contributed by atoms with van der Waals surface area (Å²) >= 11 is 6.35. The van der Waals surface area contributed by atoms with Crippen molar-refractivity contribution >= 4 is 34.5 Å². The van der Waals surface area contributed by atoms with E-state index in [0.29, 0.717) is 54.4 Å². The average Bonchev–Trinajstić information content (AvgIpc) is 3.38. The predicted octanol–water partition coefficient (Wildman–Crippen LogP) is 4.35. The van der Waals surface area contributed by atoms with Gasteiger partial charge in [-0.1, -0.05) is 11.6 Å². The molecule has 3 N–H and O–H groups in total. The molecule has 1 fully saturated rings. The normalized spacial score (nSPS) is 21.1. The van der Waals surface area contributed by atoms with Gasteiger partial charge in [0, 0.05) is 19.4 Å². The number of amides is 1. The molecule has 2 atom stereocenters. The van der Waals surface area contributed by atoms with Gasteiger partial charge in [-0.25, -0.2) is 19.1 Å². The minimum atomic E-state index is -0.778. The minimum absolute atomic E-state index is 0.0418. The molecule has 1 aliphatic rings. The standard InChI is InChI=1S/C22H30ClN7O4/c1-5-29-17-14(12-25-18(23)15(17)26-20(29)16-19(24)28-34-27-16)33-11-9-13-8-6-7-10-30(13,21(31)32)22(2,3)4/h12-13H,5-11H2,1-4H3,(H2-,24,28,31,32)/p+1/t13-,30?/m0/s1. The van der Waals surface area contributed by atoms with Gasteiger partial charge >= 0.3 is 6.09 Å².